The number of aryl methyl sites for hydroxylation is 6. The van der Waals surface area contributed by atoms with Crippen molar-refractivity contribution in [2.45, 2.75) is 80.5 Å². The molecule has 0 spiro atoms. The summed E-state index contributed by atoms with van der Waals surface area (Å²) in [5.41, 5.74) is 11.7. The predicted octanol–water partition coefficient (Wildman–Crippen LogP) is 13.4. The van der Waals surface area contributed by atoms with Crippen LogP contribution in [0.25, 0.3) is 66.4 Å². The van der Waals surface area contributed by atoms with E-state index in [9.17, 15) is 0 Å². The first-order valence-corrected chi connectivity index (χ1v) is 19.5. The van der Waals surface area contributed by atoms with Crippen LogP contribution in [-0.4, -0.2) is 19.1 Å². The zero-order chi connectivity index (χ0) is 43.3. The number of benzene rings is 5. The molecule has 0 aliphatic heterocycles. The van der Waals surface area contributed by atoms with E-state index in [0.717, 1.165) is 77.3 Å². The van der Waals surface area contributed by atoms with Gasteiger partial charge in [0.25, 0.3) is 0 Å². The fraction of sp³-hybridized carbons (Fsp3) is 0.231. The summed E-state index contributed by atoms with van der Waals surface area (Å²) in [7, 11) is 0. The molecule has 0 N–H and O–H groups in total. The summed E-state index contributed by atoms with van der Waals surface area (Å²) < 4.78 is 46.8. The Kier molecular flexibility index (Phi) is 8.94. The van der Waals surface area contributed by atoms with Gasteiger partial charge >= 0.3 is 21.1 Å². The van der Waals surface area contributed by atoms with Crippen molar-refractivity contribution in [3.8, 4) is 34.3 Å². The Morgan fingerprint density at radius 2 is 1.28 bits per heavy atom. The maximum atomic E-state index is 9.00. The minimum Gasteiger partial charge on any atom is -0.503 e. The number of hydrogen-bond donors (Lipinski definition) is 0. The summed E-state index contributed by atoms with van der Waals surface area (Å²) in [6.07, 6.45) is 0.206. The zero-order valence-electron chi connectivity index (χ0n) is 38.3. The SMILES string of the molecule is [2H]C([2H])(C)c1cc(C)cc2c3cc(C)cc(C([2H])([2H])C)c3n(-c3ccnc(-n4c5[c-]c(Oc6[c-]c(-c7cc(C)ccn7)cc(C(C)(C)C)c6)ccc5c5cc(C)ccc54)c3)c12.[Pt+2]. The third kappa shape index (κ3) is 6.84. The topological polar surface area (TPSA) is 44.9 Å². The van der Waals surface area contributed by atoms with Gasteiger partial charge in [-0.05, 0) is 98.4 Å². The summed E-state index contributed by atoms with van der Waals surface area (Å²) in [5, 5.41) is 3.78. The van der Waals surface area contributed by atoms with Gasteiger partial charge in [-0.25, -0.2) is 4.98 Å². The molecular weight excluding hydrogens is 892 g/mol. The summed E-state index contributed by atoms with van der Waals surface area (Å²) in [6.45, 7) is 17.8. The van der Waals surface area contributed by atoms with Gasteiger partial charge < -0.3 is 18.9 Å². The molecule has 58 heavy (non-hydrogen) atoms. The van der Waals surface area contributed by atoms with Crippen LogP contribution in [0.1, 0.15) is 79.0 Å². The van der Waals surface area contributed by atoms with E-state index >= 15 is 0 Å². The smallest absolute Gasteiger partial charge is 0.503 e. The van der Waals surface area contributed by atoms with Gasteiger partial charge in [0.1, 0.15) is 5.82 Å². The Balaban J connectivity index is 0.00000529. The molecule has 292 valence electrons. The average Bonchev–Trinajstić information content (AvgIpc) is 3.67. The molecule has 9 aromatic rings. The van der Waals surface area contributed by atoms with Crippen LogP contribution in [0, 0.1) is 39.8 Å². The standard InChI is InChI=1S/C52H48N4O.Pt/c1-10-35-20-33(5)23-44-45-24-34(6)21-36(11-2)51(45)55(50(35)44)39-17-19-54-49(29-39)56-47-15-12-31(3)22-43(47)42-14-13-40(30-48(42)56)57-41-27-37(26-38(28-41)52(7,8)9)46-25-32(4)16-18-53-46;/h12-26,28-29H,10-11H2,1-9H3;/q-2;+2/i10D2,11D2;. The van der Waals surface area contributed by atoms with Crippen molar-refractivity contribution in [1.29, 1.82) is 0 Å². The van der Waals surface area contributed by atoms with Crippen LogP contribution >= 0.6 is 0 Å². The van der Waals surface area contributed by atoms with E-state index in [-0.39, 0.29) is 26.5 Å². The first kappa shape index (κ1) is 34.5. The molecule has 0 amide bonds. The van der Waals surface area contributed by atoms with Crippen molar-refractivity contribution < 1.29 is 31.3 Å². The second-order valence-electron chi connectivity index (χ2n) is 16.3. The number of rotatable bonds is 7. The normalized spacial score (nSPS) is 13.4. The number of pyridine rings is 2. The van der Waals surface area contributed by atoms with Crippen LogP contribution in [0.2, 0.25) is 0 Å². The number of aromatic nitrogens is 4. The van der Waals surface area contributed by atoms with Gasteiger partial charge in [-0.3, -0.25) is 0 Å². The van der Waals surface area contributed by atoms with Gasteiger partial charge in [0.05, 0.1) is 16.7 Å². The van der Waals surface area contributed by atoms with E-state index < -0.39 is 12.7 Å². The molecule has 0 fully saturated rings. The minimum absolute atomic E-state index is 0. The maximum absolute atomic E-state index is 9.00. The molecule has 6 heteroatoms. The quantitative estimate of drug-likeness (QED) is 0.150. The van der Waals surface area contributed by atoms with Gasteiger partial charge in [0, 0.05) is 51.7 Å². The van der Waals surface area contributed by atoms with Crippen molar-refractivity contribution in [1.82, 2.24) is 19.1 Å². The van der Waals surface area contributed by atoms with Crippen molar-refractivity contribution in [2.75, 3.05) is 0 Å². The minimum atomic E-state index is -1.69. The first-order chi connectivity index (χ1) is 28.7. The van der Waals surface area contributed by atoms with Crippen LogP contribution in [0.15, 0.2) is 103 Å². The summed E-state index contributed by atoms with van der Waals surface area (Å²) in [5.74, 6) is 1.71. The van der Waals surface area contributed by atoms with Crippen molar-refractivity contribution in [2.24, 2.45) is 0 Å². The van der Waals surface area contributed by atoms with Gasteiger partial charge in [0.15, 0.2) is 0 Å². The van der Waals surface area contributed by atoms with E-state index in [1.165, 1.54) is 0 Å². The maximum Gasteiger partial charge on any atom is 2.00 e. The molecule has 5 aromatic carbocycles. The second kappa shape index (κ2) is 15.0. The van der Waals surface area contributed by atoms with Crippen LogP contribution in [0.5, 0.6) is 11.5 Å². The Morgan fingerprint density at radius 3 is 1.93 bits per heavy atom. The monoisotopic (exact) mass is 943 g/mol. The molecule has 0 saturated heterocycles. The van der Waals surface area contributed by atoms with Gasteiger partial charge in [0.2, 0.25) is 0 Å². The van der Waals surface area contributed by atoms with Gasteiger partial charge in [-0.2, -0.15) is 6.07 Å². The fourth-order valence-electron chi connectivity index (χ4n) is 8.18. The zero-order valence-corrected chi connectivity index (χ0v) is 36.6. The number of nitrogens with zero attached hydrogens (tertiary/aromatic N) is 4. The Hall–Kier alpha value is -5.51. The summed E-state index contributed by atoms with van der Waals surface area (Å²) >= 11 is 0. The second-order valence-corrected chi connectivity index (χ2v) is 16.3. The van der Waals surface area contributed by atoms with Crippen LogP contribution < -0.4 is 4.74 Å². The van der Waals surface area contributed by atoms with E-state index in [4.69, 9.17) is 15.2 Å². The molecule has 0 radical (unpaired) electrons. The molecule has 0 aliphatic rings. The van der Waals surface area contributed by atoms with Crippen molar-refractivity contribution >= 4 is 43.6 Å². The van der Waals surface area contributed by atoms with E-state index in [0.29, 0.717) is 39.5 Å². The molecule has 0 saturated carbocycles. The molecule has 5 nitrogen and oxygen atoms in total. The van der Waals surface area contributed by atoms with Crippen molar-refractivity contribution in [3.05, 3.63) is 154 Å². The molecule has 0 bridgehead atoms. The summed E-state index contributed by atoms with van der Waals surface area (Å²) in [6, 6.07) is 37.6. The van der Waals surface area contributed by atoms with E-state index in [2.05, 4.69) is 105 Å². The largest absolute Gasteiger partial charge is 2.00 e. The fourth-order valence-corrected chi connectivity index (χ4v) is 8.18. The van der Waals surface area contributed by atoms with E-state index in [1.807, 2.05) is 67.1 Å². The molecule has 4 heterocycles. The summed E-state index contributed by atoms with van der Waals surface area (Å²) in [4.78, 5) is 9.63. The molecule has 0 atom stereocenters. The van der Waals surface area contributed by atoms with Crippen LogP contribution in [0.3, 0.4) is 0 Å². The molecular formula is C52H48N4OPt. The third-order valence-corrected chi connectivity index (χ3v) is 10.9. The average molecular weight is 944 g/mol. The van der Waals surface area contributed by atoms with E-state index in [1.54, 1.807) is 20.0 Å². The van der Waals surface area contributed by atoms with Crippen molar-refractivity contribution in [3.63, 3.8) is 0 Å². The van der Waals surface area contributed by atoms with Crippen LogP contribution in [-0.2, 0) is 39.2 Å². The Bertz CT molecular complexity index is 3160. The molecule has 0 aliphatic carbocycles. The number of ether oxygens (including phenoxy) is 1. The molecule has 4 aromatic heterocycles. The molecule has 0 unspecified atom stereocenters. The third-order valence-electron chi connectivity index (χ3n) is 10.9. The van der Waals surface area contributed by atoms with Gasteiger partial charge in [-0.1, -0.05) is 105 Å². The number of fused-ring (bicyclic) bond motifs is 6. The number of hydrogen-bond acceptors (Lipinski definition) is 3. The van der Waals surface area contributed by atoms with Crippen LogP contribution in [0.4, 0.5) is 0 Å². The Labute approximate surface area is 361 Å². The first-order valence-electron chi connectivity index (χ1n) is 21.5. The van der Waals surface area contributed by atoms with Gasteiger partial charge in [-0.15, -0.1) is 34.7 Å². The molecule has 9 rings (SSSR count). The predicted molar refractivity (Wildman–Crippen MR) is 237 cm³/mol. The Morgan fingerprint density at radius 1 is 0.621 bits per heavy atom.